The van der Waals surface area contributed by atoms with Crippen molar-refractivity contribution in [3.8, 4) is 0 Å². The number of nitrogens with zero attached hydrogens (tertiary/aromatic N) is 1. The van der Waals surface area contributed by atoms with Gasteiger partial charge in [-0.05, 0) is 45.0 Å². The molecular weight excluding hydrogens is 308 g/mol. The molecule has 1 amide bonds. The van der Waals surface area contributed by atoms with Crippen LogP contribution in [0.1, 0.15) is 20.8 Å². The number of ether oxygens (including phenoxy) is 2. The number of hydrogen-bond acceptors (Lipinski definition) is 5. The first-order valence-corrected chi connectivity index (χ1v) is 8.05. The maximum absolute atomic E-state index is 12.1. The lowest BCUT2D eigenvalue weighted by atomic mass is 10.2. The molecule has 0 unspecified atom stereocenters. The number of hydrogen-bond donors (Lipinski definition) is 1. The third-order valence-corrected chi connectivity index (χ3v) is 3.58. The molecule has 6 heteroatoms. The fourth-order valence-corrected chi connectivity index (χ4v) is 2.32. The highest BCUT2D eigenvalue weighted by Gasteiger charge is 2.17. The summed E-state index contributed by atoms with van der Waals surface area (Å²) in [4.78, 5) is 25.9. The Hall–Kier alpha value is -2.34. The molecule has 0 aliphatic carbocycles. The number of benzene rings is 1. The molecule has 0 radical (unpaired) electrons. The molecule has 1 aromatic carbocycles. The summed E-state index contributed by atoms with van der Waals surface area (Å²) < 4.78 is 10.4. The molecule has 1 aromatic rings. The van der Waals surface area contributed by atoms with Crippen LogP contribution < -0.4 is 10.2 Å². The normalized spacial score (nSPS) is 15.4. The second kappa shape index (κ2) is 8.49. The van der Waals surface area contributed by atoms with Crippen molar-refractivity contribution in [2.75, 3.05) is 36.5 Å². The van der Waals surface area contributed by atoms with Gasteiger partial charge in [-0.25, -0.2) is 4.79 Å². The van der Waals surface area contributed by atoms with Crippen molar-refractivity contribution in [2.45, 2.75) is 26.9 Å². The van der Waals surface area contributed by atoms with Crippen LogP contribution in [0.25, 0.3) is 0 Å². The fraction of sp³-hybridized carbons (Fsp3) is 0.444. The SMILES string of the molecule is CC(C)=CC(=O)O[C@@H](C)C(=O)Nc1ccc(N2CCOCC2)cc1. The summed E-state index contributed by atoms with van der Waals surface area (Å²) in [6.07, 6.45) is 0.507. The van der Waals surface area contributed by atoms with Crippen molar-refractivity contribution in [3.63, 3.8) is 0 Å². The Labute approximate surface area is 142 Å². The van der Waals surface area contributed by atoms with E-state index in [1.54, 1.807) is 20.8 Å². The summed E-state index contributed by atoms with van der Waals surface area (Å²) in [5, 5.41) is 2.75. The van der Waals surface area contributed by atoms with Crippen LogP contribution in [0.15, 0.2) is 35.9 Å². The van der Waals surface area contributed by atoms with Gasteiger partial charge in [0.05, 0.1) is 13.2 Å². The average molecular weight is 332 g/mol. The van der Waals surface area contributed by atoms with Crippen LogP contribution in [0.2, 0.25) is 0 Å². The molecule has 1 fully saturated rings. The first-order chi connectivity index (χ1) is 11.5. The van der Waals surface area contributed by atoms with Gasteiger partial charge in [-0.3, -0.25) is 4.79 Å². The highest BCUT2D eigenvalue weighted by Crippen LogP contribution is 2.19. The second-order valence-corrected chi connectivity index (χ2v) is 5.94. The number of carbonyl (C=O) groups excluding carboxylic acids is 2. The van der Waals surface area contributed by atoms with Gasteiger partial charge in [0, 0.05) is 30.5 Å². The summed E-state index contributed by atoms with van der Waals surface area (Å²) in [5.41, 5.74) is 2.59. The van der Waals surface area contributed by atoms with E-state index in [4.69, 9.17) is 9.47 Å². The van der Waals surface area contributed by atoms with Gasteiger partial charge < -0.3 is 19.7 Å². The van der Waals surface area contributed by atoms with Crippen molar-refractivity contribution < 1.29 is 19.1 Å². The quantitative estimate of drug-likeness (QED) is 0.662. The molecule has 130 valence electrons. The van der Waals surface area contributed by atoms with E-state index in [0.717, 1.165) is 37.6 Å². The Kier molecular flexibility index (Phi) is 6.37. The van der Waals surface area contributed by atoms with Gasteiger partial charge in [-0.1, -0.05) is 5.57 Å². The maximum Gasteiger partial charge on any atom is 0.331 e. The summed E-state index contributed by atoms with van der Waals surface area (Å²) in [6, 6.07) is 7.60. The monoisotopic (exact) mass is 332 g/mol. The fourth-order valence-electron chi connectivity index (χ4n) is 2.32. The van der Waals surface area contributed by atoms with E-state index >= 15 is 0 Å². The molecule has 1 aliphatic heterocycles. The largest absolute Gasteiger partial charge is 0.449 e. The highest BCUT2D eigenvalue weighted by atomic mass is 16.5. The molecule has 1 N–H and O–H groups in total. The Morgan fingerprint density at radius 1 is 1.21 bits per heavy atom. The summed E-state index contributed by atoms with van der Waals surface area (Å²) in [5.74, 6) is -0.870. The number of carbonyl (C=O) groups is 2. The molecule has 24 heavy (non-hydrogen) atoms. The predicted octanol–water partition coefficient (Wildman–Crippen LogP) is 2.36. The van der Waals surface area contributed by atoms with Gasteiger partial charge >= 0.3 is 5.97 Å². The topological polar surface area (TPSA) is 67.9 Å². The zero-order valence-corrected chi connectivity index (χ0v) is 14.4. The van der Waals surface area contributed by atoms with Crippen molar-refractivity contribution in [1.29, 1.82) is 0 Å². The van der Waals surface area contributed by atoms with E-state index in [0.29, 0.717) is 5.69 Å². The summed E-state index contributed by atoms with van der Waals surface area (Å²) in [7, 11) is 0. The zero-order chi connectivity index (χ0) is 17.5. The number of esters is 1. The van der Waals surface area contributed by atoms with E-state index < -0.39 is 12.1 Å². The Balaban J connectivity index is 1.89. The molecule has 0 aromatic heterocycles. The number of allylic oxidation sites excluding steroid dienone is 1. The molecule has 2 rings (SSSR count). The number of rotatable bonds is 5. The minimum Gasteiger partial charge on any atom is -0.449 e. The van der Waals surface area contributed by atoms with Gasteiger partial charge in [0.15, 0.2) is 6.10 Å². The molecule has 0 spiro atoms. The minimum atomic E-state index is -0.855. The lowest BCUT2D eigenvalue weighted by molar-refractivity contribution is -0.148. The van der Waals surface area contributed by atoms with Crippen molar-refractivity contribution in [3.05, 3.63) is 35.9 Å². The molecular formula is C18H24N2O4. The van der Waals surface area contributed by atoms with Gasteiger partial charge in [0.1, 0.15) is 0 Å². The van der Waals surface area contributed by atoms with Crippen molar-refractivity contribution in [1.82, 2.24) is 0 Å². The van der Waals surface area contributed by atoms with E-state index in [-0.39, 0.29) is 5.91 Å². The van der Waals surface area contributed by atoms with Crippen molar-refractivity contribution in [2.24, 2.45) is 0 Å². The summed E-state index contributed by atoms with van der Waals surface area (Å²) in [6.45, 7) is 8.32. The Bertz CT molecular complexity index is 600. The van der Waals surface area contributed by atoms with E-state index in [1.165, 1.54) is 6.08 Å². The molecule has 1 saturated heterocycles. The van der Waals surface area contributed by atoms with Crippen LogP contribution >= 0.6 is 0 Å². The Morgan fingerprint density at radius 2 is 1.83 bits per heavy atom. The number of nitrogens with one attached hydrogen (secondary N) is 1. The molecule has 1 heterocycles. The van der Waals surface area contributed by atoms with Crippen molar-refractivity contribution >= 4 is 23.3 Å². The van der Waals surface area contributed by atoms with Crippen LogP contribution in [0.5, 0.6) is 0 Å². The van der Waals surface area contributed by atoms with Gasteiger partial charge in [0.25, 0.3) is 5.91 Å². The number of amides is 1. The minimum absolute atomic E-state index is 0.357. The van der Waals surface area contributed by atoms with Crippen LogP contribution in [-0.2, 0) is 19.1 Å². The van der Waals surface area contributed by atoms with Gasteiger partial charge in [0.2, 0.25) is 0 Å². The number of morpholine rings is 1. The molecule has 6 nitrogen and oxygen atoms in total. The van der Waals surface area contributed by atoms with E-state index in [1.807, 2.05) is 24.3 Å². The smallest absolute Gasteiger partial charge is 0.331 e. The first kappa shape index (κ1) is 18.0. The highest BCUT2D eigenvalue weighted by molar-refractivity contribution is 5.96. The zero-order valence-electron chi connectivity index (χ0n) is 14.4. The third kappa shape index (κ3) is 5.38. The van der Waals surface area contributed by atoms with Crippen LogP contribution in [-0.4, -0.2) is 44.3 Å². The molecule has 1 atom stereocenters. The van der Waals surface area contributed by atoms with Crippen LogP contribution in [0.3, 0.4) is 0 Å². The lowest BCUT2D eigenvalue weighted by Gasteiger charge is -2.28. The molecule has 0 saturated carbocycles. The molecule has 0 bridgehead atoms. The Morgan fingerprint density at radius 3 is 2.42 bits per heavy atom. The van der Waals surface area contributed by atoms with Crippen LogP contribution in [0, 0.1) is 0 Å². The van der Waals surface area contributed by atoms with Crippen LogP contribution in [0.4, 0.5) is 11.4 Å². The first-order valence-electron chi connectivity index (χ1n) is 8.05. The van der Waals surface area contributed by atoms with Gasteiger partial charge in [-0.15, -0.1) is 0 Å². The summed E-state index contributed by atoms with van der Waals surface area (Å²) >= 11 is 0. The number of anilines is 2. The van der Waals surface area contributed by atoms with E-state index in [9.17, 15) is 9.59 Å². The van der Waals surface area contributed by atoms with E-state index in [2.05, 4.69) is 10.2 Å². The molecule has 1 aliphatic rings. The predicted molar refractivity (Wildman–Crippen MR) is 93.1 cm³/mol. The average Bonchev–Trinajstić information content (AvgIpc) is 2.55. The van der Waals surface area contributed by atoms with Gasteiger partial charge in [-0.2, -0.15) is 0 Å². The second-order valence-electron chi connectivity index (χ2n) is 5.94. The maximum atomic E-state index is 12.1. The third-order valence-electron chi connectivity index (χ3n) is 3.58. The standard InChI is InChI=1S/C18H24N2O4/c1-13(2)12-17(21)24-14(3)18(22)19-15-4-6-16(7-5-15)20-8-10-23-11-9-20/h4-7,12,14H,8-11H2,1-3H3,(H,19,22)/t14-/m0/s1. The lowest BCUT2D eigenvalue weighted by Crippen LogP contribution is -2.36.